The Labute approximate surface area is 106 Å². The van der Waals surface area contributed by atoms with E-state index >= 15 is 0 Å². The summed E-state index contributed by atoms with van der Waals surface area (Å²) in [6.07, 6.45) is 3.04. The second-order valence-electron chi connectivity index (χ2n) is 2.80. The standard InChI is InChI=1S/C9H6Cl2N4S/c10-6-3-14-8(4-13-6)16-5-1-2-7(12)15-9(5)11/h1-4H,(H2,12,15). The first-order chi connectivity index (χ1) is 7.65. The monoisotopic (exact) mass is 272 g/mol. The minimum Gasteiger partial charge on any atom is -0.384 e. The van der Waals surface area contributed by atoms with E-state index in [1.807, 2.05) is 0 Å². The van der Waals surface area contributed by atoms with E-state index in [9.17, 15) is 0 Å². The number of pyridine rings is 1. The molecule has 0 atom stereocenters. The van der Waals surface area contributed by atoms with Crippen LogP contribution < -0.4 is 5.73 Å². The maximum Gasteiger partial charge on any atom is 0.147 e. The van der Waals surface area contributed by atoms with E-state index in [1.165, 1.54) is 18.0 Å². The van der Waals surface area contributed by atoms with Crippen LogP contribution in [0.25, 0.3) is 0 Å². The van der Waals surface area contributed by atoms with Gasteiger partial charge in [0.2, 0.25) is 0 Å². The van der Waals surface area contributed by atoms with E-state index in [2.05, 4.69) is 15.0 Å². The van der Waals surface area contributed by atoms with E-state index < -0.39 is 0 Å². The van der Waals surface area contributed by atoms with Crippen LogP contribution >= 0.6 is 35.0 Å². The molecule has 2 rings (SSSR count). The Bertz CT molecular complexity index is 503. The van der Waals surface area contributed by atoms with Crippen LogP contribution in [-0.2, 0) is 0 Å². The van der Waals surface area contributed by atoms with E-state index in [0.29, 0.717) is 21.2 Å². The first-order valence-corrected chi connectivity index (χ1v) is 5.80. The summed E-state index contributed by atoms with van der Waals surface area (Å²) >= 11 is 12.9. The molecular formula is C9H6Cl2N4S. The van der Waals surface area contributed by atoms with Crippen molar-refractivity contribution in [3.8, 4) is 0 Å². The highest BCUT2D eigenvalue weighted by atomic mass is 35.5. The summed E-state index contributed by atoms with van der Waals surface area (Å²) in [6, 6.07) is 3.46. The minimum atomic E-state index is 0.349. The summed E-state index contributed by atoms with van der Waals surface area (Å²) < 4.78 is 0. The first kappa shape index (κ1) is 11.4. The fourth-order valence-electron chi connectivity index (χ4n) is 0.977. The van der Waals surface area contributed by atoms with E-state index in [1.54, 1.807) is 18.3 Å². The summed E-state index contributed by atoms with van der Waals surface area (Å²) in [5.74, 6) is 0.386. The highest BCUT2D eigenvalue weighted by Crippen LogP contribution is 2.31. The molecule has 2 heterocycles. The topological polar surface area (TPSA) is 64.7 Å². The molecule has 0 fully saturated rings. The van der Waals surface area contributed by atoms with Gasteiger partial charge in [-0.25, -0.2) is 15.0 Å². The molecule has 0 amide bonds. The molecule has 2 N–H and O–H groups in total. The molecule has 0 radical (unpaired) electrons. The van der Waals surface area contributed by atoms with Gasteiger partial charge in [-0.15, -0.1) is 0 Å². The average molecular weight is 273 g/mol. The summed E-state index contributed by atoms with van der Waals surface area (Å²) in [5.41, 5.74) is 5.49. The average Bonchev–Trinajstić information content (AvgIpc) is 2.25. The van der Waals surface area contributed by atoms with Gasteiger partial charge in [0, 0.05) is 0 Å². The Kier molecular flexibility index (Phi) is 3.48. The normalized spacial score (nSPS) is 10.4. The van der Waals surface area contributed by atoms with Crippen LogP contribution in [-0.4, -0.2) is 15.0 Å². The van der Waals surface area contributed by atoms with Crippen molar-refractivity contribution in [3.63, 3.8) is 0 Å². The van der Waals surface area contributed by atoms with Gasteiger partial charge < -0.3 is 5.73 Å². The van der Waals surface area contributed by atoms with Crippen LogP contribution in [0, 0.1) is 0 Å². The van der Waals surface area contributed by atoms with E-state index in [0.717, 1.165) is 4.90 Å². The number of halogens is 2. The Morgan fingerprint density at radius 2 is 1.94 bits per heavy atom. The third-order valence-electron chi connectivity index (χ3n) is 1.65. The molecule has 0 saturated heterocycles. The highest BCUT2D eigenvalue weighted by molar-refractivity contribution is 7.99. The number of nitrogens with two attached hydrogens (primary N) is 1. The van der Waals surface area contributed by atoms with Crippen LogP contribution in [0.2, 0.25) is 10.3 Å². The van der Waals surface area contributed by atoms with Crippen LogP contribution in [0.15, 0.2) is 34.4 Å². The molecular weight excluding hydrogens is 267 g/mol. The Hall–Kier alpha value is -1.04. The fraction of sp³-hybridized carbons (Fsp3) is 0. The highest BCUT2D eigenvalue weighted by Gasteiger charge is 2.05. The van der Waals surface area contributed by atoms with Gasteiger partial charge >= 0.3 is 0 Å². The molecule has 2 aromatic rings. The number of hydrogen-bond acceptors (Lipinski definition) is 5. The van der Waals surface area contributed by atoms with Crippen LogP contribution in [0.5, 0.6) is 0 Å². The van der Waals surface area contributed by atoms with Crippen molar-refractivity contribution < 1.29 is 0 Å². The summed E-state index contributed by atoms with van der Waals surface area (Å²) in [5, 5.41) is 1.39. The van der Waals surface area contributed by atoms with Gasteiger partial charge in [0.1, 0.15) is 21.2 Å². The van der Waals surface area contributed by atoms with Crippen molar-refractivity contribution in [2.45, 2.75) is 9.92 Å². The third kappa shape index (κ3) is 2.75. The molecule has 0 saturated carbocycles. The maximum atomic E-state index is 5.92. The Balaban J connectivity index is 2.23. The van der Waals surface area contributed by atoms with Crippen LogP contribution in [0.1, 0.15) is 0 Å². The fourth-order valence-corrected chi connectivity index (χ4v) is 2.05. The number of anilines is 1. The van der Waals surface area contributed by atoms with E-state index in [4.69, 9.17) is 28.9 Å². The van der Waals surface area contributed by atoms with Crippen molar-refractivity contribution in [1.29, 1.82) is 0 Å². The molecule has 4 nitrogen and oxygen atoms in total. The van der Waals surface area contributed by atoms with E-state index in [-0.39, 0.29) is 0 Å². The molecule has 0 bridgehead atoms. The smallest absolute Gasteiger partial charge is 0.147 e. The van der Waals surface area contributed by atoms with Gasteiger partial charge in [0.15, 0.2) is 0 Å². The zero-order valence-corrected chi connectivity index (χ0v) is 10.2. The second kappa shape index (κ2) is 4.86. The quantitative estimate of drug-likeness (QED) is 0.852. The molecule has 0 unspecified atom stereocenters. The molecule has 0 spiro atoms. The van der Waals surface area contributed by atoms with Crippen LogP contribution in [0.4, 0.5) is 5.82 Å². The van der Waals surface area contributed by atoms with Crippen molar-refractivity contribution in [1.82, 2.24) is 15.0 Å². The number of nitrogens with zero attached hydrogens (tertiary/aromatic N) is 3. The van der Waals surface area contributed by atoms with Gasteiger partial charge in [0.25, 0.3) is 0 Å². The number of aromatic nitrogens is 3. The Morgan fingerprint density at radius 1 is 1.12 bits per heavy atom. The molecule has 82 valence electrons. The molecule has 0 aliphatic heterocycles. The largest absolute Gasteiger partial charge is 0.384 e. The summed E-state index contributed by atoms with van der Waals surface area (Å²) in [6.45, 7) is 0. The predicted molar refractivity (Wildman–Crippen MR) is 64.8 cm³/mol. The van der Waals surface area contributed by atoms with Gasteiger partial charge in [-0.05, 0) is 12.1 Å². The SMILES string of the molecule is Nc1ccc(Sc2cnc(Cl)cn2)c(Cl)n1. The molecule has 7 heteroatoms. The van der Waals surface area contributed by atoms with Crippen molar-refractivity contribution in [3.05, 3.63) is 34.8 Å². The summed E-state index contributed by atoms with van der Waals surface area (Å²) in [4.78, 5) is 12.7. The molecule has 0 aromatic carbocycles. The lowest BCUT2D eigenvalue weighted by molar-refractivity contribution is 1.05. The first-order valence-electron chi connectivity index (χ1n) is 4.22. The second-order valence-corrected chi connectivity index (χ2v) is 4.61. The molecule has 0 aliphatic rings. The predicted octanol–water partition coefficient (Wildman–Crippen LogP) is 2.91. The zero-order chi connectivity index (χ0) is 11.5. The molecule has 0 aliphatic carbocycles. The third-order valence-corrected chi connectivity index (χ3v) is 3.21. The maximum absolute atomic E-state index is 5.92. The lowest BCUT2D eigenvalue weighted by Gasteiger charge is -2.02. The number of hydrogen-bond donors (Lipinski definition) is 1. The van der Waals surface area contributed by atoms with Gasteiger partial charge in [-0.3, -0.25) is 0 Å². The van der Waals surface area contributed by atoms with Gasteiger partial charge in [0.05, 0.1) is 17.3 Å². The molecule has 2 aromatic heterocycles. The van der Waals surface area contributed by atoms with Crippen molar-refractivity contribution >= 4 is 40.8 Å². The lowest BCUT2D eigenvalue weighted by Crippen LogP contribution is -1.91. The van der Waals surface area contributed by atoms with Crippen molar-refractivity contribution in [2.75, 3.05) is 5.73 Å². The number of nitrogen functional groups attached to an aromatic ring is 1. The lowest BCUT2D eigenvalue weighted by atomic mass is 10.5. The number of rotatable bonds is 2. The minimum absolute atomic E-state index is 0.349. The van der Waals surface area contributed by atoms with Gasteiger partial charge in [-0.1, -0.05) is 35.0 Å². The Morgan fingerprint density at radius 3 is 2.56 bits per heavy atom. The zero-order valence-electron chi connectivity index (χ0n) is 7.89. The molecule has 16 heavy (non-hydrogen) atoms. The van der Waals surface area contributed by atoms with Crippen molar-refractivity contribution in [2.24, 2.45) is 0 Å². The summed E-state index contributed by atoms with van der Waals surface area (Å²) in [7, 11) is 0. The van der Waals surface area contributed by atoms with Gasteiger partial charge in [-0.2, -0.15) is 0 Å². The van der Waals surface area contributed by atoms with Crippen LogP contribution in [0.3, 0.4) is 0 Å².